The minimum atomic E-state index is 1.30. The van der Waals surface area contributed by atoms with Crippen LogP contribution in [0.5, 0.6) is 0 Å². The third-order valence-corrected chi connectivity index (χ3v) is 6.35. The second-order valence-electron chi connectivity index (χ2n) is 7.78. The van der Waals surface area contributed by atoms with Crippen LogP contribution in [-0.2, 0) is 0 Å². The predicted octanol–water partition coefficient (Wildman–Crippen LogP) is 8.04. The van der Waals surface area contributed by atoms with E-state index in [2.05, 4.69) is 97.1 Å². The Morgan fingerprint density at radius 3 is 1.61 bits per heavy atom. The van der Waals surface area contributed by atoms with Crippen molar-refractivity contribution in [3.63, 3.8) is 0 Å². The molecule has 0 aliphatic rings. The molecule has 0 saturated heterocycles. The van der Waals surface area contributed by atoms with Crippen molar-refractivity contribution in [2.24, 2.45) is 0 Å². The molecular formula is C28H16. The van der Waals surface area contributed by atoms with Crippen LogP contribution >= 0.6 is 0 Å². The summed E-state index contributed by atoms with van der Waals surface area (Å²) < 4.78 is 0. The van der Waals surface area contributed by atoms with Crippen molar-refractivity contribution in [3.05, 3.63) is 97.1 Å². The van der Waals surface area contributed by atoms with E-state index in [4.69, 9.17) is 0 Å². The molecule has 7 aromatic rings. The third kappa shape index (κ3) is 1.70. The van der Waals surface area contributed by atoms with Crippen LogP contribution in [0.3, 0.4) is 0 Å². The van der Waals surface area contributed by atoms with E-state index in [1.807, 2.05) is 0 Å². The SMILES string of the molecule is c1ccc2c(c1)ccc1c2cc2ccc3c4ccccc4cc4ccc1c2c43. The zero-order chi connectivity index (χ0) is 18.2. The lowest BCUT2D eigenvalue weighted by Crippen LogP contribution is -1.88. The van der Waals surface area contributed by atoms with Crippen molar-refractivity contribution in [2.75, 3.05) is 0 Å². The van der Waals surface area contributed by atoms with E-state index < -0.39 is 0 Å². The highest BCUT2D eigenvalue weighted by Crippen LogP contribution is 2.42. The summed E-state index contributed by atoms with van der Waals surface area (Å²) in [6, 6.07) is 35.9. The second-order valence-corrected chi connectivity index (χ2v) is 7.78. The van der Waals surface area contributed by atoms with Gasteiger partial charge in [0.1, 0.15) is 0 Å². The first-order valence-electron chi connectivity index (χ1n) is 9.79. The summed E-state index contributed by atoms with van der Waals surface area (Å²) in [6.07, 6.45) is 0. The molecule has 0 atom stereocenters. The molecule has 0 heteroatoms. The molecule has 0 nitrogen and oxygen atoms in total. The first-order chi connectivity index (χ1) is 13.9. The number of benzene rings is 7. The number of hydrogen-bond donors (Lipinski definition) is 0. The van der Waals surface area contributed by atoms with Gasteiger partial charge in [-0.3, -0.25) is 0 Å². The van der Waals surface area contributed by atoms with Crippen LogP contribution in [0.25, 0.3) is 64.6 Å². The lowest BCUT2D eigenvalue weighted by molar-refractivity contribution is 1.79. The maximum absolute atomic E-state index is 2.38. The molecule has 0 aliphatic heterocycles. The monoisotopic (exact) mass is 352 g/mol. The summed E-state index contributed by atoms with van der Waals surface area (Å²) in [5.74, 6) is 0. The molecule has 0 saturated carbocycles. The van der Waals surface area contributed by atoms with E-state index in [1.54, 1.807) is 0 Å². The van der Waals surface area contributed by atoms with Crippen LogP contribution in [-0.4, -0.2) is 0 Å². The topological polar surface area (TPSA) is 0 Å². The van der Waals surface area contributed by atoms with Gasteiger partial charge in [0.2, 0.25) is 0 Å². The van der Waals surface area contributed by atoms with Crippen molar-refractivity contribution in [1.29, 1.82) is 0 Å². The summed E-state index contributed by atoms with van der Waals surface area (Å²) in [7, 11) is 0. The van der Waals surface area contributed by atoms with Crippen molar-refractivity contribution in [3.8, 4) is 0 Å². The first-order valence-corrected chi connectivity index (χ1v) is 9.79. The molecule has 0 amide bonds. The summed E-state index contributed by atoms with van der Waals surface area (Å²) in [5.41, 5.74) is 0. The predicted molar refractivity (Wildman–Crippen MR) is 123 cm³/mol. The van der Waals surface area contributed by atoms with Crippen LogP contribution in [0, 0.1) is 0 Å². The first kappa shape index (κ1) is 14.4. The minimum Gasteiger partial charge on any atom is -0.0616 e. The molecule has 7 aromatic carbocycles. The summed E-state index contributed by atoms with van der Waals surface area (Å²) in [6.45, 7) is 0. The number of rotatable bonds is 0. The van der Waals surface area contributed by atoms with Gasteiger partial charge in [-0.2, -0.15) is 0 Å². The molecule has 0 heterocycles. The zero-order valence-corrected chi connectivity index (χ0v) is 15.2. The van der Waals surface area contributed by atoms with Gasteiger partial charge in [-0.25, -0.2) is 0 Å². The highest BCUT2D eigenvalue weighted by atomic mass is 14.2. The third-order valence-electron chi connectivity index (χ3n) is 6.35. The minimum absolute atomic E-state index is 1.30. The van der Waals surface area contributed by atoms with Gasteiger partial charge in [-0.1, -0.05) is 84.9 Å². The maximum atomic E-state index is 2.38. The van der Waals surface area contributed by atoms with E-state index in [0.29, 0.717) is 0 Å². The highest BCUT2D eigenvalue weighted by molar-refractivity contribution is 6.34. The van der Waals surface area contributed by atoms with Crippen molar-refractivity contribution >= 4 is 64.6 Å². The van der Waals surface area contributed by atoms with Gasteiger partial charge in [0.25, 0.3) is 0 Å². The number of fused-ring (bicyclic) bond motifs is 6. The zero-order valence-electron chi connectivity index (χ0n) is 15.2. The Kier molecular flexibility index (Phi) is 2.57. The fourth-order valence-electron chi connectivity index (χ4n) is 5.12. The van der Waals surface area contributed by atoms with Crippen LogP contribution in [0.15, 0.2) is 97.1 Å². The average Bonchev–Trinajstić information content (AvgIpc) is 2.76. The quantitative estimate of drug-likeness (QED) is 0.191. The fourth-order valence-corrected chi connectivity index (χ4v) is 5.12. The van der Waals surface area contributed by atoms with Crippen molar-refractivity contribution < 1.29 is 0 Å². The summed E-state index contributed by atoms with van der Waals surface area (Å²) in [5, 5.41) is 16.1. The largest absolute Gasteiger partial charge is 0.0616 e. The second kappa shape index (κ2) is 4.99. The Morgan fingerprint density at radius 2 is 0.821 bits per heavy atom. The summed E-state index contributed by atoms with van der Waals surface area (Å²) >= 11 is 0. The van der Waals surface area contributed by atoms with Gasteiger partial charge in [0, 0.05) is 0 Å². The Hall–Kier alpha value is -3.64. The van der Waals surface area contributed by atoms with Crippen LogP contribution in [0.2, 0.25) is 0 Å². The fraction of sp³-hybridized carbons (Fsp3) is 0. The van der Waals surface area contributed by atoms with Crippen LogP contribution < -0.4 is 0 Å². The molecule has 0 unspecified atom stereocenters. The molecule has 0 bridgehead atoms. The van der Waals surface area contributed by atoms with E-state index in [-0.39, 0.29) is 0 Å². The van der Waals surface area contributed by atoms with Gasteiger partial charge >= 0.3 is 0 Å². The highest BCUT2D eigenvalue weighted by Gasteiger charge is 2.14. The van der Waals surface area contributed by atoms with E-state index in [9.17, 15) is 0 Å². The van der Waals surface area contributed by atoms with Gasteiger partial charge in [0.15, 0.2) is 0 Å². The van der Waals surface area contributed by atoms with E-state index in [0.717, 1.165) is 0 Å². The normalized spacial score (nSPS) is 12.3. The Morgan fingerprint density at radius 1 is 0.286 bits per heavy atom. The smallest absolute Gasteiger partial charge is 0.00201 e. The van der Waals surface area contributed by atoms with Crippen LogP contribution in [0.1, 0.15) is 0 Å². The molecule has 28 heavy (non-hydrogen) atoms. The summed E-state index contributed by atoms with van der Waals surface area (Å²) in [4.78, 5) is 0. The maximum Gasteiger partial charge on any atom is -0.00201 e. The Bertz CT molecular complexity index is 1690. The van der Waals surface area contributed by atoms with E-state index >= 15 is 0 Å². The molecule has 0 spiro atoms. The van der Waals surface area contributed by atoms with Gasteiger partial charge < -0.3 is 0 Å². The van der Waals surface area contributed by atoms with Gasteiger partial charge in [0.05, 0.1) is 0 Å². The van der Waals surface area contributed by atoms with Gasteiger partial charge in [-0.15, -0.1) is 0 Å². The molecule has 0 aromatic heterocycles. The average molecular weight is 352 g/mol. The lowest BCUT2D eigenvalue weighted by Gasteiger charge is -2.15. The van der Waals surface area contributed by atoms with E-state index in [1.165, 1.54) is 64.6 Å². The van der Waals surface area contributed by atoms with Crippen LogP contribution in [0.4, 0.5) is 0 Å². The molecule has 7 rings (SSSR count). The van der Waals surface area contributed by atoms with Crippen molar-refractivity contribution in [1.82, 2.24) is 0 Å². The molecule has 0 radical (unpaired) electrons. The molecule has 0 N–H and O–H groups in total. The molecule has 0 fully saturated rings. The number of hydrogen-bond acceptors (Lipinski definition) is 0. The Labute approximate surface area is 162 Å². The molecule has 128 valence electrons. The molecule has 0 aliphatic carbocycles. The molecular weight excluding hydrogens is 336 g/mol. The van der Waals surface area contributed by atoms with Gasteiger partial charge in [-0.05, 0) is 76.8 Å². The lowest BCUT2D eigenvalue weighted by atomic mass is 9.88. The Balaban J connectivity index is 1.80. The van der Waals surface area contributed by atoms with Crippen molar-refractivity contribution in [2.45, 2.75) is 0 Å². The standard InChI is InChI=1S/C28H16/c1-3-7-21-17(5-1)9-12-23-25-14-10-19-15-18-6-2-4-8-22(18)24-13-11-20(16-26(21)23)28(25)27(19)24/h1-16H.